The second-order valence-corrected chi connectivity index (χ2v) is 12.3. The maximum atomic E-state index is 12.5. The molecule has 6 heteroatoms. The normalized spacial score (nSPS) is 10.9. The Labute approximate surface area is 185 Å². The number of benzene rings is 1. The Morgan fingerprint density at radius 1 is 0.968 bits per heavy atom. The summed E-state index contributed by atoms with van der Waals surface area (Å²) in [4.78, 5) is 24.9. The van der Waals surface area contributed by atoms with Crippen LogP contribution in [-0.2, 0) is 19.1 Å². The van der Waals surface area contributed by atoms with Crippen molar-refractivity contribution < 1.29 is 24.2 Å². The number of ether oxygens (including phenoxy) is 2. The van der Waals surface area contributed by atoms with Crippen LogP contribution in [0.4, 0.5) is 0 Å². The number of hydrogen-bond acceptors (Lipinski definition) is 5. The fourth-order valence-corrected chi connectivity index (χ4v) is 2.88. The van der Waals surface area contributed by atoms with Crippen LogP contribution in [0.15, 0.2) is 30.3 Å². The Morgan fingerprint density at radius 2 is 1.55 bits per heavy atom. The first-order chi connectivity index (χ1) is 14.6. The van der Waals surface area contributed by atoms with E-state index in [0.717, 1.165) is 5.56 Å². The van der Waals surface area contributed by atoms with Crippen molar-refractivity contribution >= 4 is 20.0 Å². The van der Waals surface area contributed by atoms with Gasteiger partial charge in [0.05, 0.1) is 14.2 Å². The zero-order valence-corrected chi connectivity index (χ0v) is 19.5. The third-order valence-corrected chi connectivity index (χ3v) is 4.78. The molecule has 0 saturated carbocycles. The van der Waals surface area contributed by atoms with Crippen molar-refractivity contribution in [2.75, 3.05) is 14.2 Å². The van der Waals surface area contributed by atoms with Gasteiger partial charge in [-0.05, 0) is 24.0 Å². The fourth-order valence-electron chi connectivity index (χ4n) is 2.31. The van der Waals surface area contributed by atoms with Gasteiger partial charge in [-0.25, -0.2) is 0 Å². The Bertz CT molecular complexity index is 1010. The lowest BCUT2D eigenvalue weighted by molar-refractivity contribution is -0.168. The van der Waals surface area contributed by atoms with E-state index in [4.69, 9.17) is 9.47 Å². The van der Waals surface area contributed by atoms with Crippen molar-refractivity contribution in [2.45, 2.75) is 38.6 Å². The van der Waals surface area contributed by atoms with Crippen molar-refractivity contribution in [1.29, 1.82) is 0 Å². The molecule has 0 saturated heterocycles. The van der Waals surface area contributed by atoms with Gasteiger partial charge in [0, 0.05) is 18.4 Å². The molecule has 1 N–H and O–H groups in total. The minimum Gasteiger partial charge on any atom is -0.468 e. The first-order valence-electron chi connectivity index (χ1n) is 9.54. The van der Waals surface area contributed by atoms with E-state index in [0.29, 0.717) is 0 Å². The first-order valence-corrected chi connectivity index (χ1v) is 13.0. The number of rotatable bonds is 4. The lowest BCUT2D eigenvalue weighted by Crippen LogP contribution is -2.41. The summed E-state index contributed by atoms with van der Waals surface area (Å²) in [5.74, 6) is 17.2. The van der Waals surface area contributed by atoms with Crippen LogP contribution in [0.3, 0.4) is 0 Å². The molecule has 0 radical (unpaired) electrons. The predicted molar refractivity (Wildman–Crippen MR) is 122 cm³/mol. The van der Waals surface area contributed by atoms with Crippen LogP contribution < -0.4 is 0 Å². The minimum absolute atomic E-state index is 0.193. The van der Waals surface area contributed by atoms with Crippen LogP contribution in [0.25, 0.3) is 0 Å². The molecule has 0 spiro atoms. The molecule has 1 unspecified atom stereocenters. The SMILES string of the molecule is COC(=O)C(CC#CC#Cc1ccccc1)(CC#CC(O)C#C[Si](C)(C)C)C(=O)OC. The Hall–Kier alpha value is -3.42. The van der Waals surface area contributed by atoms with E-state index in [2.05, 4.69) is 47.0 Å². The Balaban J connectivity index is 3.11. The number of carbonyl (C=O) groups is 2. The van der Waals surface area contributed by atoms with Gasteiger partial charge in [0.1, 0.15) is 8.07 Å². The van der Waals surface area contributed by atoms with Crippen LogP contribution >= 0.6 is 0 Å². The molecule has 1 rings (SSSR count). The molecular formula is C25H26O5Si. The third kappa shape index (κ3) is 8.86. The molecule has 31 heavy (non-hydrogen) atoms. The van der Waals surface area contributed by atoms with E-state index in [1.165, 1.54) is 14.2 Å². The zero-order chi connectivity index (χ0) is 23.3. The molecule has 0 aliphatic heterocycles. The van der Waals surface area contributed by atoms with E-state index in [9.17, 15) is 14.7 Å². The first kappa shape index (κ1) is 25.6. The molecule has 0 amide bonds. The second-order valence-electron chi connectivity index (χ2n) is 7.58. The van der Waals surface area contributed by atoms with Crippen molar-refractivity contribution in [3.8, 4) is 47.0 Å². The topological polar surface area (TPSA) is 72.8 Å². The van der Waals surface area contributed by atoms with Crippen molar-refractivity contribution in [3.05, 3.63) is 35.9 Å². The minimum atomic E-state index is -1.75. The van der Waals surface area contributed by atoms with Gasteiger partial charge in [-0.3, -0.25) is 9.59 Å². The molecule has 0 fully saturated rings. The average molecular weight is 435 g/mol. The van der Waals surface area contributed by atoms with E-state index >= 15 is 0 Å². The molecule has 0 bridgehead atoms. The highest BCUT2D eigenvalue weighted by atomic mass is 28.3. The van der Waals surface area contributed by atoms with Gasteiger partial charge < -0.3 is 14.6 Å². The molecule has 1 aromatic carbocycles. The number of esters is 2. The van der Waals surface area contributed by atoms with Crippen molar-refractivity contribution in [2.24, 2.45) is 5.41 Å². The van der Waals surface area contributed by atoms with Gasteiger partial charge in [0.15, 0.2) is 11.5 Å². The second kappa shape index (κ2) is 12.3. The summed E-state index contributed by atoms with van der Waals surface area (Å²) < 4.78 is 9.64. The van der Waals surface area contributed by atoms with Gasteiger partial charge in [0.2, 0.25) is 0 Å². The molecule has 0 aromatic heterocycles. The van der Waals surface area contributed by atoms with Crippen molar-refractivity contribution in [3.63, 3.8) is 0 Å². The zero-order valence-electron chi connectivity index (χ0n) is 18.5. The highest BCUT2D eigenvalue weighted by Crippen LogP contribution is 2.29. The molecule has 1 atom stereocenters. The standard InChI is InChI=1S/C25H26O5Si/c1-29-23(27)25(24(28)30-2,19-12-16-22(26)17-20-31(3,4)5)18-11-7-10-15-21-13-8-6-9-14-21/h6,8-9,13-14,22,26H,18-19H2,1-5H3. The summed E-state index contributed by atoms with van der Waals surface area (Å²) in [7, 11) is 0.680. The van der Waals surface area contributed by atoms with Gasteiger partial charge in [-0.1, -0.05) is 67.4 Å². The highest BCUT2D eigenvalue weighted by Gasteiger charge is 2.47. The fraction of sp³-hybridized carbons (Fsp3) is 0.360. The van der Waals surface area contributed by atoms with E-state index in [1.54, 1.807) is 0 Å². The number of carbonyl (C=O) groups excluding carboxylic acids is 2. The largest absolute Gasteiger partial charge is 0.468 e. The van der Waals surface area contributed by atoms with E-state index < -0.39 is 31.5 Å². The number of hydrogen-bond donors (Lipinski definition) is 1. The Morgan fingerprint density at radius 3 is 2.10 bits per heavy atom. The van der Waals surface area contributed by atoms with Crippen LogP contribution in [0.1, 0.15) is 18.4 Å². The molecular weight excluding hydrogens is 408 g/mol. The summed E-state index contributed by atoms with van der Waals surface area (Å²) >= 11 is 0. The van der Waals surface area contributed by atoms with Crippen LogP contribution in [0.5, 0.6) is 0 Å². The van der Waals surface area contributed by atoms with Crippen LogP contribution in [0, 0.1) is 52.4 Å². The van der Waals surface area contributed by atoms with Gasteiger partial charge in [-0.2, -0.15) is 0 Å². The molecule has 0 aliphatic rings. The van der Waals surface area contributed by atoms with Gasteiger partial charge in [0.25, 0.3) is 0 Å². The summed E-state index contributed by atoms with van der Waals surface area (Å²) in [5.41, 5.74) is 2.06. The number of aliphatic hydroxyl groups is 1. The Kier molecular flexibility index (Phi) is 10.2. The van der Waals surface area contributed by atoms with Crippen LogP contribution in [0.2, 0.25) is 19.6 Å². The molecule has 0 heterocycles. The quantitative estimate of drug-likeness (QED) is 0.341. The lowest BCUT2D eigenvalue weighted by Gasteiger charge is -2.23. The maximum Gasteiger partial charge on any atom is 0.325 e. The highest BCUT2D eigenvalue weighted by molar-refractivity contribution is 6.83. The lowest BCUT2D eigenvalue weighted by atomic mass is 9.81. The summed E-state index contributed by atoms with van der Waals surface area (Å²) in [6.45, 7) is 6.12. The predicted octanol–water partition coefficient (Wildman–Crippen LogP) is 2.40. The molecule has 1 aromatic rings. The van der Waals surface area contributed by atoms with E-state index in [1.807, 2.05) is 50.0 Å². The van der Waals surface area contributed by atoms with Gasteiger partial charge >= 0.3 is 11.9 Å². The van der Waals surface area contributed by atoms with Crippen molar-refractivity contribution in [1.82, 2.24) is 0 Å². The summed E-state index contributed by atoms with van der Waals surface area (Å²) in [5, 5.41) is 9.95. The smallest absolute Gasteiger partial charge is 0.325 e. The molecule has 0 aliphatic carbocycles. The molecule has 160 valence electrons. The van der Waals surface area contributed by atoms with Crippen LogP contribution in [-0.4, -0.2) is 45.4 Å². The molecule has 5 nitrogen and oxygen atoms in total. The number of aliphatic hydroxyl groups excluding tert-OH is 1. The monoisotopic (exact) mass is 434 g/mol. The summed E-state index contributed by atoms with van der Waals surface area (Å²) in [6.07, 6.45) is -1.61. The van der Waals surface area contributed by atoms with E-state index in [-0.39, 0.29) is 12.8 Å². The van der Waals surface area contributed by atoms with Gasteiger partial charge in [-0.15, -0.1) is 5.54 Å². The third-order valence-electron chi connectivity index (χ3n) is 3.89. The summed E-state index contributed by atoms with van der Waals surface area (Å²) in [6, 6.07) is 9.28. The number of methoxy groups -OCH3 is 2. The average Bonchev–Trinajstić information content (AvgIpc) is 2.75. The maximum absolute atomic E-state index is 12.5.